The van der Waals surface area contributed by atoms with Gasteiger partial charge < -0.3 is 15.0 Å². The van der Waals surface area contributed by atoms with Crippen LogP contribution in [0.15, 0.2) is 112 Å². The summed E-state index contributed by atoms with van der Waals surface area (Å²) in [6.07, 6.45) is 0.234. The fourth-order valence-corrected chi connectivity index (χ4v) is 6.55. The summed E-state index contributed by atoms with van der Waals surface area (Å²) in [4.78, 5) is 29.8. The van der Waals surface area contributed by atoms with Gasteiger partial charge in [-0.05, 0) is 80.4 Å². The van der Waals surface area contributed by atoms with Crippen LogP contribution in [0, 0.1) is 6.92 Å². The van der Waals surface area contributed by atoms with Crippen LogP contribution in [0.2, 0.25) is 0 Å². The van der Waals surface area contributed by atoms with E-state index in [0.717, 1.165) is 25.5 Å². The van der Waals surface area contributed by atoms with E-state index in [1.54, 1.807) is 55.6 Å². The molecule has 0 saturated heterocycles. The number of rotatable bonds is 13. The molecule has 45 heavy (non-hydrogen) atoms. The first kappa shape index (κ1) is 33.7. The lowest BCUT2D eigenvalue weighted by Gasteiger charge is -2.34. The molecule has 0 aromatic heterocycles. The van der Waals surface area contributed by atoms with Gasteiger partial charge in [0.2, 0.25) is 11.8 Å². The number of halogens is 1. The van der Waals surface area contributed by atoms with Crippen LogP contribution in [0.1, 0.15) is 30.5 Å². The number of anilines is 1. The molecule has 1 unspecified atom stereocenters. The number of carbonyl (C=O) groups is 2. The molecule has 10 heteroatoms. The van der Waals surface area contributed by atoms with E-state index >= 15 is 0 Å². The summed E-state index contributed by atoms with van der Waals surface area (Å²) in [5, 5.41) is 2.96. The highest BCUT2D eigenvalue weighted by atomic mass is 79.9. The minimum absolute atomic E-state index is 0.0534. The van der Waals surface area contributed by atoms with Crippen LogP contribution in [-0.2, 0) is 32.6 Å². The second-order valence-corrected chi connectivity index (χ2v) is 13.8. The van der Waals surface area contributed by atoms with Gasteiger partial charge in [-0.25, -0.2) is 8.42 Å². The molecule has 0 aliphatic carbocycles. The summed E-state index contributed by atoms with van der Waals surface area (Å²) >= 11 is 3.41. The number of methoxy groups -OCH3 is 1. The first-order valence-corrected chi connectivity index (χ1v) is 16.8. The molecule has 0 saturated carbocycles. The number of hydrogen-bond donors (Lipinski definition) is 1. The van der Waals surface area contributed by atoms with Gasteiger partial charge >= 0.3 is 0 Å². The van der Waals surface area contributed by atoms with E-state index in [2.05, 4.69) is 21.2 Å². The number of benzene rings is 4. The Kier molecular flexibility index (Phi) is 11.4. The van der Waals surface area contributed by atoms with Gasteiger partial charge in [0.05, 0.1) is 17.7 Å². The Hall–Kier alpha value is -4.15. The Morgan fingerprint density at radius 2 is 1.51 bits per heavy atom. The molecule has 236 valence electrons. The quantitative estimate of drug-likeness (QED) is 0.182. The fraction of sp³-hybridized carbons (Fsp3) is 0.257. The zero-order chi connectivity index (χ0) is 32.6. The molecule has 0 fully saturated rings. The molecular weight excluding hydrogens is 654 g/mol. The van der Waals surface area contributed by atoms with E-state index in [4.69, 9.17) is 4.74 Å². The zero-order valence-electron chi connectivity index (χ0n) is 25.8. The van der Waals surface area contributed by atoms with Crippen molar-refractivity contribution >= 4 is 43.5 Å². The Morgan fingerprint density at radius 1 is 0.867 bits per heavy atom. The molecule has 2 amide bonds. The fourth-order valence-electron chi connectivity index (χ4n) is 4.88. The molecule has 4 rings (SSSR count). The number of carbonyl (C=O) groups excluding carboxylic acids is 2. The second-order valence-electron chi connectivity index (χ2n) is 11.0. The van der Waals surface area contributed by atoms with Crippen molar-refractivity contribution in [1.29, 1.82) is 0 Å². The lowest BCUT2D eigenvalue weighted by atomic mass is 10.0. The highest BCUT2D eigenvalue weighted by Crippen LogP contribution is 2.27. The SMILES string of the molecule is COc1cccc(CN(C(=O)CN(c2ccc(Br)cc2)S(=O)(=O)c2ccc(C)cc2)C(Cc2ccccc2)C(=O)NC(C)C)c1. The number of sulfonamides is 1. The lowest BCUT2D eigenvalue weighted by molar-refractivity contribution is -0.140. The van der Waals surface area contributed by atoms with Crippen molar-refractivity contribution in [2.24, 2.45) is 0 Å². The largest absolute Gasteiger partial charge is 0.497 e. The second kappa shape index (κ2) is 15.2. The maximum atomic E-state index is 14.5. The number of nitrogens with one attached hydrogen (secondary N) is 1. The molecule has 0 aliphatic heterocycles. The molecule has 1 atom stereocenters. The van der Waals surface area contributed by atoms with Crippen LogP contribution in [-0.4, -0.2) is 50.9 Å². The molecule has 0 heterocycles. The molecule has 4 aromatic rings. The molecule has 0 aliphatic rings. The summed E-state index contributed by atoms with van der Waals surface area (Å²) in [7, 11) is -2.61. The molecular formula is C35H38BrN3O5S. The monoisotopic (exact) mass is 691 g/mol. The zero-order valence-corrected chi connectivity index (χ0v) is 28.2. The molecule has 0 radical (unpaired) electrons. The lowest BCUT2D eigenvalue weighted by Crippen LogP contribution is -2.54. The normalized spacial score (nSPS) is 12.0. The maximum Gasteiger partial charge on any atom is 0.264 e. The van der Waals surface area contributed by atoms with Crippen molar-refractivity contribution in [3.05, 3.63) is 124 Å². The van der Waals surface area contributed by atoms with Gasteiger partial charge in [0.15, 0.2) is 0 Å². The third kappa shape index (κ3) is 8.95. The van der Waals surface area contributed by atoms with Gasteiger partial charge in [-0.15, -0.1) is 0 Å². The van der Waals surface area contributed by atoms with Gasteiger partial charge in [0.25, 0.3) is 10.0 Å². The van der Waals surface area contributed by atoms with Gasteiger partial charge in [-0.3, -0.25) is 13.9 Å². The first-order valence-electron chi connectivity index (χ1n) is 14.6. The topological polar surface area (TPSA) is 96.0 Å². The van der Waals surface area contributed by atoms with Crippen LogP contribution in [0.3, 0.4) is 0 Å². The van der Waals surface area contributed by atoms with Crippen LogP contribution in [0.5, 0.6) is 5.75 Å². The van der Waals surface area contributed by atoms with E-state index in [1.807, 2.05) is 63.2 Å². The van der Waals surface area contributed by atoms with Crippen molar-refractivity contribution in [1.82, 2.24) is 10.2 Å². The standard InChI is InChI=1S/C35H38BrN3O5S/c1-25(2)37-35(41)33(22-27-9-6-5-7-10-27)38(23-28-11-8-12-31(21-28)44-4)34(40)24-39(30-17-15-29(36)16-18-30)45(42,43)32-19-13-26(3)14-20-32/h5-21,25,33H,22-24H2,1-4H3,(H,37,41). The summed E-state index contributed by atoms with van der Waals surface area (Å²) in [5.41, 5.74) is 2.82. The molecule has 0 spiro atoms. The van der Waals surface area contributed by atoms with E-state index in [9.17, 15) is 18.0 Å². The van der Waals surface area contributed by atoms with Crippen molar-refractivity contribution in [3.63, 3.8) is 0 Å². The van der Waals surface area contributed by atoms with Crippen molar-refractivity contribution in [3.8, 4) is 5.75 Å². The summed E-state index contributed by atoms with van der Waals surface area (Å²) < 4.78 is 35.5. The van der Waals surface area contributed by atoms with E-state index < -0.39 is 28.5 Å². The van der Waals surface area contributed by atoms with Crippen molar-refractivity contribution < 1.29 is 22.7 Å². The average molecular weight is 693 g/mol. The Bertz CT molecular complexity index is 1700. The van der Waals surface area contributed by atoms with E-state index in [0.29, 0.717) is 11.4 Å². The summed E-state index contributed by atoms with van der Waals surface area (Å²) in [5.74, 6) is -0.262. The highest BCUT2D eigenvalue weighted by molar-refractivity contribution is 9.10. The van der Waals surface area contributed by atoms with Gasteiger partial charge in [-0.2, -0.15) is 0 Å². The highest BCUT2D eigenvalue weighted by Gasteiger charge is 2.35. The number of hydrogen-bond acceptors (Lipinski definition) is 5. The third-order valence-corrected chi connectivity index (χ3v) is 9.51. The minimum atomic E-state index is -4.17. The van der Waals surface area contributed by atoms with Crippen LogP contribution < -0.4 is 14.4 Å². The van der Waals surface area contributed by atoms with Crippen molar-refractivity contribution in [2.45, 2.75) is 50.7 Å². The van der Waals surface area contributed by atoms with Gasteiger partial charge in [0, 0.05) is 23.5 Å². The van der Waals surface area contributed by atoms with Crippen LogP contribution in [0.4, 0.5) is 5.69 Å². The number of ether oxygens (including phenoxy) is 1. The molecule has 4 aromatic carbocycles. The molecule has 1 N–H and O–H groups in total. The average Bonchev–Trinajstić information content (AvgIpc) is 3.02. The minimum Gasteiger partial charge on any atom is -0.497 e. The Morgan fingerprint density at radius 3 is 2.13 bits per heavy atom. The third-order valence-electron chi connectivity index (χ3n) is 7.19. The van der Waals surface area contributed by atoms with Crippen LogP contribution >= 0.6 is 15.9 Å². The molecule has 0 bridgehead atoms. The van der Waals surface area contributed by atoms with E-state index in [1.165, 1.54) is 17.0 Å². The number of nitrogens with zero attached hydrogens (tertiary/aromatic N) is 2. The number of amides is 2. The smallest absolute Gasteiger partial charge is 0.264 e. The first-order chi connectivity index (χ1) is 21.5. The predicted octanol–water partition coefficient (Wildman–Crippen LogP) is 6.13. The molecule has 8 nitrogen and oxygen atoms in total. The van der Waals surface area contributed by atoms with Crippen LogP contribution in [0.25, 0.3) is 0 Å². The summed E-state index contributed by atoms with van der Waals surface area (Å²) in [6.45, 7) is 5.11. The summed E-state index contributed by atoms with van der Waals surface area (Å²) in [6, 6.07) is 28.8. The van der Waals surface area contributed by atoms with Crippen molar-refractivity contribution in [2.75, 3.05) is 18.0 Å². The Labute approximate surface area is 274 Å². The Balaban J connectivity index is 1.81. The van der Waals surface area contributed by atoms with Gasteiger partial charge in [0.1, 0.15) is 18.3 Å². The predicted molar refractivity (Wildman–Crippen MR) is 181 cm³/mol. The maximum absolute atomic E-state index is 14.5. The number of aryl methyl sites for hydroxylation is 1. The van der Waals surface area contributed by atoms with Gasteiger partial charge in [-0.1, -0.05) is 76.1 Å². The van der Waals surface area contributed by atoms with E-state index in [-0.39, 0.29) is 29.8 Å².